The van der Waals surface area contributed by atoms with Gasteiger partial charge in [0.1, 0.15) is 0 Å². The van der Waals surface area contributed by atoms with Gasteiger partial charge in [0, 0.05) is 0 Å². The zero-order chi connectivity index (χ0) is 15.3. The molecule has 4 heteroatoms. The third-order valence-electron chi connectivity index (χ3n) is 2.65. The summed E-state index contributed by atoms with van der Waals surface area (Å²) in [6.45, 7) is 14.3. The fraction of sp³-hybridized carbons (Fsp3) is 0.625. The Kier molecular flexibility index (Phi) is 6.89. The van der Waals surface area contributed by atoms with E-state index in [-0.39, 0.29) is 18.3 Å². The van der Waals surface area contributed by atoms with E-state index in [1.165, 1.54) is 5.56 Å². The molecule has 0 N–H and O–H groups in total. The minimum atomic E-state index is -3.52. The van der Waals surface area contributed by atoms with Crippen LogP contribution >= 0.6 is 0 Å². The van der Waals surface area contributed by atoms with E-state index >= 15 is 0 Å². The molecular weight excluding hydrogens is 288 g/mol. The van der Waals surface area contributed by atoms with Gasteiger partial charge in [-0.2, -0.15) is 0 Å². The molecule has 0 aliphatic carbocycles. The van der Waals surface area contributed by atoms with Crippen LogP contribution in [0.3, 0.4) is 0 Å². The number of hydrogen-bond donors (Lipinski definition) is 0. The summed E-state index contributed by atoms with van der Waals surface area (Å²) in [7, 11) is 0. The maximum absolute atomic E-state index is 6.27. The van der Waals surface area contributed by atoms with Crippen LogP contribution in [0.2, 0.25) is 0 Å². The molecule has 0 unspecified atom stereocenters. The van der Waals surface area contributed by atoms with E-state index in [0.29, 0.717) is 0 Å². The van der Waals surface area contributed by atoms with Gasteiger partial charge in [0.15, 0.2) is 0 Å². The van der Waals surface area contributed by atoms with Gasteiger partial charge in [-0.25, -0.2) is 0 Å². The van der Waals surface area contributed by atoms with Crippen molar-refractivity contribution in [3.05, 3.63) is 29.8 Å². The number of benzene rings is 1. The van der Waals surface area contributed by atoms with E-state index in [4.69, 9.17) is 9.96 Å². The molecule has 0 radical (unpaired) electrons. The topological polar surface area (TPSA) is 27.7 Å². The molecule has 1 rings (SSSR count). The van der Waals surface area contributed by atoms with Crippen LogP contribution in [-0.4, -0.2) is 18.3 Å². The first kappa shape index (κ1) is 17.9. The normalized spacial score (nSPS) is 12.7. The van der Waals surface area contributed by atoms with E-state index in [1.54, 1.807) is 0 Å². The maximum atomic E-state index is 6.27. The summed E-state index contributed by atoms with van der Waals surface area (Å²) in [5.74, 6) is 0. The van der Waals surface area contributed by atoms with Gasteiger partial charge in [-0.05, 0) is 0 Å². The van der Waals surface area contributed by atoms with Gasteiger partial charge in [-0.1, -0.05) is 0 Å². The molecule has 0 saturated carbocycles. The monoisotopic (exact) mass is 316 g/mol. The SMILES string of the molecule is Cc1cccc[c]1[Ti]([O]C(C)C)([O]C(C)C)[O]C(C)C. The molecule has 0 aromatic heterocycles. The van der Waals surface area contributed by atoms with E-state index < -0.39 is 17.8 Å². The Morgan fingerprint density at radius 3 is 1.50 bits per heavy atom. The van der Waals surface area contributed by atoms with E-state index in [2.05, 4.69) is 19.1 Å². The molecule has 0 saturated heterocycles. The standard InChI is InChI=1S/C7H7.3C3H7O.Ti/c1-7-5-3-2-4-6-7;3*1-3(2)4;/h2-5H,1H3;3*3H,1-2H3;/q;3*-1;+3. The second kappa shape index (κ2) is 7.72. The molecule has 0 aliphatic rings. The predicted molar refractivity (Wildman–Crippen MR) is 79.5 cm³/mol. The van der Waals surface area contributed by atoms with Crippen molar-refractivity contribution in [2.45, 2.75) is 66.8 Å². The number of aryl methyl sites for hydroxylation is 1. The van der Waals surface area contributed by atoms with Gasteiger partial charge in [-0.15, -0.1) is 0 Å². The van der Waals surface area contributed by atoms with Crippen molar-refractivity contribution < 1.29 is 27.7 Å². The van der Waals surface area contributed by atoms with E-state index in [1.807, 2.05) is 53.7 Å². The van der Waals surface area contributed by atoms with Crippen LogP contribution in [0.1, 0.15) is 47.1 Å². The molecule has 0 fully saturated rings. The first-order chi connectivity index (χ1) is 9.27. The van der Waals surface area contributed by atoms with Crippen molar-refractivity contribution in [3.63, 3.8) is 0 Å². The summed E-state index contributed by atoms with van der Waals surface area (Å²) in [6, 6.07) is 8.24. The molecule has 0 bridgehead atoms. The van der Waals surface area contributed by atoms with Crippen LogP contribution in [0.4, 0.5) is 0 Å². The molecule has 1 aromatic carbocycles. The number of rotatable bonds is 7. The fourth-order valence-corrected chi connectivity index (χ4v) is 7.24. The third-order valence-corrected chi connectivity index (χ3v) is 8.22. The van der Waals surface area contributed by atoms with Gasteiger partial charge in [0.2, 0.25) is 0 Å². The summed E-state index contributed by atoms with van der Waals surface area (Å²) in [5.41, 5.74) is 1.18. The van der Waals surface area contributed by atoms with Crippen molar-refractivity contribution in [1.82, 2.24) is 0 Å². The van der Waals surface area contributed by atoms with Gasteiger partial charge in [0.05, 0.1) is 0 Å². The van der Waals surface area contributed by atoms with Gasteiger partial charge >= 0.3 is 128 Å². The van der Waals surface area contributed by atoms with Crippen molar-refractivity contribution in [3.8, 4) is 0 Å². The molecule has 0 spiro atoms. The van der Waals surface area contributed by atoms with Crippen LogP contribution in [-0.2, 0) is 27.7 Å². The Morgan fingerprint density at radius 2 is 1.15 bits per heavy atom. The minimum absolute atomic E-state index is 0.0760. The quantitative estimate of drug-likeness (QED) is 0.716. The summed E-state index contributed by atoms with van der Waals surface area (Å²) in [6.07, 6.45) is 0.228. The Morgan fingerprint density at radius 1 is 0.750 bits per heavy atom. The Labute approximate surface area is 128 Å². The van der Waals surface area contributed by atoms with E-state index in [0.717, 1.165) is 3.87 Å². The Hall–Kier alpha value is -0.186. The Balaban J connectivity index is 3.30. The molecule has 1 aromatic rings. The summed E-state index contributed by atoms with van der Waals surface area (Å²) in [4.78, 5) is 0. The second-order valence-electron chi connectivity index (χ2n) is 5.87. The zero-order valence-corrected chi connectivity index (χ0v) is 15.3. The van der Waals surface area contributed by atoms with Crippen LogP contribution < -0.4 is 3.87 Å². The van der Waals surface area contributed by atoms with Crippen LogP contribution in [0, 0.1) is 6.92 Å². The molecule has 0 aliphatic heterocycles. The van der Waals surface area contributed by atoms with Crippen molar-refractivity contribution in [2.75, 3.05) is 0 Å². The molecular formula is C16H28O3Ti. The molecule has 114 valence electrons. The molecule has 3 nitrogen and oxygen atoms in total. The van der Waals surface area contributed by atoms with Gasteiger partial charge in [-0.3, -0.25) is 0 Å². The molecule has 0 atom stereocenters. The zero-order valence-electron chi connectivity index (χ0n) is 13.8. The number of hydrogen-bond acceptors (Lipinski definition) is 3. The van der Waals surface area contributed by atoms with Crippen LogP contribution in [0.5, 0.6) is 0 Å². The fourth-order valence-electron chi connectivity index (χ4n) is 2.12. The predicted octanol–water partition coefficient (Wildman–Crippen LogP) is 3.79. The molecule has 0 heterocycles. The van der Waals surface area contributed by atoms with E-state index in [9.17, 15) is 0 Å². The van der Waals surface area contributed by atoms with Crippen LogP contribution in [0.25, 0.3) is 0 Å². The second-order valence-corrected chi connectivity index (χ2v) is 9.55. The molecule has 0 amide bonds. The first-order valence-electron chi connectivity index (χ1n) is 7.36. The van der Waals surface area contributed by atoms with Gasteiger partial charge in [0.25, 0.3) is 0 Å². The summed E-state index contributed by atoms with van der Waals surface area (Å²) >= 11 is -3.52. The average Bonchev–Trinajstić information content (AvgIpc) is 2.26. The average molecular weight is 316 g/mol. The van der Waals surface area contributed by atoms with Crippen molar-refractivity contribution >= 4 is 3.87 Å². The third kappa shape index (κ3) is 4.98. The first-order valence-corrected chi connectivity index (χ1v) is 10.1. The summed E-state index contributed by atoms with van der Waals surface area (Å²) in [5, 5.41) is 0. The van der Waals surface area contributed by atoms with Crippen LogP contribution in [0.15, 0.2) is 24.3 Å². The van der Waals surface area contributed by atoms with Crippen molar-refractivity contribution in [1.29, 1.82) is 0 Å². The van der Waals surface area contributed by atoms with Gasteiger partial charge < -0.3 is 0 Å². The Bertz CT molecular complexity index is 389. The van der Waals surface area contributed by atoms with Crippen molar-refractivity contribution in [2.24, 2.45) is 0 Å². The summed E-state index contributed by atoms with van der Waals surface area (Å²) < 4.78 is 19.9. The molecule has 20 heavy (non-hydrogen) atoms.